The first kappa shape index (κ1) is 21.3. The van der Waals surface area contributed by atoms with Crippen LogP contribution in [-0.2, 0) is 14.8 Å². The van der Waals surface area contributed by atoms with Crippen molar-refractivity contribution in [2.24, 2.45) is 0 Å². The van der Waals surface area contributed by atoms with Crippen LogP contribution >= 0.6 is 15.9 Å². The van der Waals surface area contributed by atoms with E-state index in [9.17, 15) is 8.42 Å². The van der Waals surface area contributed by atoms with Crippen LogP contribution in [0.1, 0.15) is 17.2 Å². The SMILES string of the molecule is COc1ccc(S(=O)(=O)NC(CN2CCOCC2)c2ccc(C)cc2)cc1Br. The zero-order valence-corrected chi connectivity index (χ0v) is 18.4. The molecular weight excluding hydrogens is 444 g/mol. The minimum atomic E-state index is -3.71. The number of aryl methyl sites for hydroxylation is 1. The van der Waals surface area contributed by atoms with E-state index in [1.165, 1.54) is 0 Å². The minimum absolute atomic E-state index is 0.194. The predicted octanol–water partition coefficient (Wildman–Crippen LogP) is 3.12. The van der Waals surface area contributed by atoms with Crippen molar-refractivity contribution in [3.05, 3.63) is 58.1 Å². The van der Waals surface area contributed by atoms with E-state index in [0.717, 1.165) is 24.2 Å². The molecule has 0 spiro atoms. The largest absolute Gasteiger partial charge is 0.496 e. The first-order valence-corrected chi connectivity index (χ1v) is 11.4. The van der Waals surface area contributed by atoms with Crippen LogP contribution in [0.25, 0.3) is 0 Å². The monoisotopic (exact) mass is 468 g/mol. The van der Waals surface area contributed by atoms with Gasteiger partial charge in [-0.1, -0.05) is 29.8 Å². The Morgan fingerprint density at radius 1 is 1.18 bits per heavy atom. The van der Waals surface area contributed by atoms with Gasteiger partial charge in [0.1, 0.15) is 5.75 Å². The molecule has 28 heavy (non-hydrogen) atoms. The molecule has 0 aromatic heterocycles. The number of halogens is 1. The third kappa shape index (κ3) is 5.33. The fraction of sp³-hybridized carbons (Fsp3) is 0.400. The number of morpholine rings is 1. The lowest BCUT2D eigenvalue weighted by Gasteiger charge is -2.31. The van der Waals surface area contributed by atoms with Crippen LogP contribution in [0.4, 0.5) is 0 Å². The van der Waals surface area contributed by atoms with E-state index in [-0.39, 0.29) is 10.9 Å². The minimum Gasteiger partial charge on any atom is -0.496 e. The Kier molecular flexibility index (Phi) is 7.11. The van der Waals surface area contributed by atoms with Gasteiger partial charge in [0.25, 0.3) is 0 Å². The second-order valence-electron chi connectivity index (χ2n) is 6.79. The molecule has 0 bridgehead atoms. The maximum Gasteiger partial charge on any atom is 0.241 e. The molecule has 2 aromatic carbocycles. The van der Waals surface area contributed by atoms with Gasteiger partial charge in [0.15, 0.2) is 0 Å². The van der Waals surface area contributed by atoms with Gasteiger partial charge >= 0.3 is 0 Å². The zero-order valence-electron chi connectivity index (χ0n) is 16.0. The molecule has 0 aliphatic carbocycles. The average molecular weight is 469 g/mol. The lowest BCUT2D eigenvalue weighted by atomic mass is 10.1. The Labute approximate surface area is 175 Å². The number of rotatable bonds is 7. The lowest BCUT2D eigenvalue weighted by molar-refractivity contribution is 0.0345. The molecule has 1 aliphatic heterocycles. The summed E-state index contributed by atoms with van der Waals surface area (Å²) in [6.07, 6.45) is 0. The van der Waals surface area contributed by atoms with Crippen molar-refractivity contribution in [2.45, 2.75) is 17.9 Å². The number of methoxy groups -OCH3 is 1. The van der Waals surface area contributed by atoms with Crippen molar-refractivity contribution in [2.75, 3.05) is 40.0 Å². The Morgan fingerprint density at radius 2 is 1.86 bits per heavy atom. The molecule has 1 saturated heterocycles. The van der Waals surface area contributed by atoms with Gasteiger partial charge in [0.05, 0.1) is 35.7 Å². The van der Waals surface area contributed by atoms with E-state index >= 15 is 0 Å². The molecule has 1 unspecified atom stereocenters. The number of ether oxygens (including phenoxy) is 2. The number of nitrogens with one attached hydrogen (secondary N) is 1. The summed E-state index contributed by atoms with van der Waals surface area (Å²) in [5.74, 6) is 0.586. The second-order valence-corrected chi connectivity index (χ2v) is 9.36. The van der Waals surface area contributed by atoms with E-state index in [2.05, 4.69) is 25.6 Å². The quantitative estimate of drug-likeness (QED) is 0.675. The molecule has 1 atom stereocenters. The summed E-state index contributed by atoms with van der Waals surface area (Å²) in [5, 5.41) is 0. The Morgan fingerprint density at radius 3 is 2.46 bits per heavy atom. The smallest absolute Gasteiger partial charge is 0.241 e. The molecule has 0 saturated carbocycles. The zero-order chi connectivity index (χ0) is 20.1. The molecular formula is C20H25BrN2O4S. The van der Waals surface area contributed by atoms with Gasteiger partial charge in [0.2, 0.25) is 10.0 Å². The Hall–Kier alpha value is -1.45. The maximum absolute atomic E-state index is 13.1. The highest BCUT2D eigenvalue weighted by molar-refractivity contribution is 9.10. The first-order valence-electron chi connectivity index (χ1n) is 9.11. The van der Waals surface area contributed by atoms with Crippen molar-refractivity contribution in [1.82, 2.24) is 9.62 Å². The molecule has 8 heteroatoms. The number of hydrogen-bond acceptors (Lipinski definition) is 5. The molecule has 0 radical (unpaired) electrons. The van der Waals surface area contributed by atoms with Crippen LogP contribution in [-0.4, -0.2) is 53.3 Å². The van der Waals surface area contributed by atoms with E-state index < -0.39 is 10.0 Å². The third-order valence-corrected chi connectivity index (χ3v) is 6.84. The number of sulfonamides is 1. The molecule has 2 aromatic rings. The summed E-state index contributed by atoms with van der Waals surface area (Å²) in [5.41, 5.74) is 2.07. The van der Waals surface area contributed by atoms with Gasteiger partial charge in [-0.2, -0.15) is 0 Å². The summed E-state index contributed by atoms with van der Waals surface area (Å²) >= 11 is 3.36. The molecule has 0 amide bonds. The third-order valence-electron chi connectivity index (χ3n) is 4.76. The lowest BCUT2D eigenvalue weighted by Crippen LogP contribution is -2.43. The fourth-order valence-electron chi connectivity index (χ4n) is 3.12. The number of benzene rings is 2. The van der Waals surface area contributed by atoms with Gasteiger partial charge in [-0.3, -0.25) is 4.90 Å². The molecule has 6 nitrogen and oxygen atoms in total. The second kappa shape index (κ2) is 9.37. The van der Waals surface area contributed by atoms with Crippen LogP contribution in [0.5, 0.6) is 5.75 Å². The van der Waals surface area contributed by atoms with E-state index in [1.54, 1.807) is 25.3 Å². The van der Waals surface area contributed by atoms with Gasteiger partial charge in [-0.05, 0) is 46.6 Å². The van der Waals surface area contributed by atoms with Crippen molar-refractivity contribution in [1.29, 1.82) is 0 Å². The van der Waals surface area contributed by atoms with Gasteiger partial charge in [-0.25, -0.2) is 13.1 Å². The topological polar surface area (TPSA) is 67.9 Å². The van der Waals surface area contributed by atoms with Crippen molar-refractivity contribution in [3.8, 4) is 5.75 Å². The maximum atomic E-state index is 13.1. The molecule has 1 fully saturated rings. The van der Waals surface area contributed by atoms with E-state index in [1.807, 2.05) is 31.2 Å². The van der Waals surface area contributed by atoms with Gasteiger partial charge in [0, 0.05) is 19.6 Å². The molecule has 1 aliphatic rings. The van der Waals surface area contributed by atoms with Crippen molar-refractivity contribution in [3.63, 3.8) is 0 Å². The molecule has 3 rings (SSSR count). The normalized spacial score (nSPS) is 16.7. The predicted molar refractivity (Wildman–Crippen MR) is 112 cm³/mol. The van der Waals surface area contributed by atoms with Crippen LogP contribution in [0.3, 0.4) is 0 Å². The number of hydrogen-bond donors (Lipinski definition) is 1. The molecule has 1 heterocycles. The number of nitrogens with zero attached hydrogens (tertiary/aromatic N) is 1. The fourth-order valence-corrected chi connectivity index (χ4v) is 5.05. The summed E-state index contributed by atoms with van der Waals surface area (Å²) in [6.45, 7) is 5.51. The summed E-state index contributed by atoms with van der Waals surface area (Å²) < 4.78 is 40.2. The van der Waals surface area contributed by atoms with E-state index in [4.69, 9.17) is 9.47 Å². The highest BCUT2D eigenvalue weighted by Gasteiger charge is 2.25. The molecule has 1 N–H and O–H groups in total. The highest BCUT2D eigenvalue weighted by atomic mass is 79.9. The average Bonchev–Trinajstić information content (AvgIpc) is 2.68. The van der Waals surface area contributed by atoms with Crippen LogP contribution in [0.2, 0.25) is 0 Å². The first-order chi connectivity index (χ1) is 13.4. The van der Waals surface area contributed by atoms with Crippen LogP contribution < -0.4 is 9.46 Å². The van der Waals surface area contributed by atoms with Crippen molar-refractivity contribution >= 4 is 26.0 Å². The Bertz CT molecular complexity index is 897. The van der Waals surface area contributed by atoms with Gasteiger partial charge in [-0.15, -0.1) is 0 Å². The van der Waals surface area contributed by atoms with Crippen molar-refractivity contribution < 1.29 is 17.9 Å². The van der Waals surface area contributed by atoms with Crippen LogP contribution in [0.15, 0.2) is 51.8 Å². The van der Waals surface area contributed by atoms with Gasteiger partial charge < -0.3 is 9.47 Å². The standard InChI is InChI=1S/C20H25BrN2O4S/c1-15-3-5-16(6-4-15)19(14-23-9-11-27-12-10-23)22-28(24,25)17-7-8-20(26-2)18(21)13-17/h3-8,13,19,22H,9-12,14H2,1-2H3. The summed E-state index contributed by atoms with van der Waals surface area (Å²) in [7, 11) is -2.17. The Balaban J connectivity index is 1.86. The summed E-state index contributed by atoms with van der Waals surface area (Å²) in [6, 6.07) is 12.3. The van der Waals surface area contributed by atoms with E-state index in [0.29, 0.717) is 30.0 Å². The highest BCUT2D eigenvalue weighted by Crippen LogP contribution is 2.28. The summed E-state index contributed by atoms with van der Waals surface area (Å²) in [4.78, 5) is 2.42. The van der Waals surface area contributed by atoms with Crippen LogP contribution in [0, 0.1) is 6.92 Å². The molecule has 152 valence electrons.